The molecule has 2 rings (SSSR count). The first-order valence-electron chi connectivity index (χ1n) is 7.89. The van der Waals surface area contributed by atoms with E-state index in [4.69, 9.17) is 0 Å². The lowest BCUT2D eigenvalue weighted by molar-refractivity contribution is -0.144. The fourth-order valence-corrected chi connectivity index (χ4v) is 3.18. The summed E-state index contributed by atoms with van der Waals surface area (Å²) < 4.78 is 0.851. The molecule has 7 heteroatoms. The van der Waals surface area contributed by atoms with Gasteiger partial charge in [-0.1, -0.05) is 35.8 Å². The van der Waals surface area contributed by atoms with Gasteiger partial charge in [0.2, 0.25) is 11.8 Å². The van der Waals surface area contributed by atoms with Crippen LogP contribution >= 0.6 is 15.9 Å². The lowest BCUT2D eigenvalue weighted by Gasteiger charge is -2.19. The maximum atomic E-state index is 12.5. The smallest absolute Gasteiger partial charge is 0.326 e. The monoisotopic (exact) mass is 396 g/mol. The number of rotatable bonds is 6. The zero-order valence-electron chi connectivity index (χ0n) is 13.7. The lowest BCUT2D eigenvalue weighted by atomic mass is 10.0. The molecule has 0 spiro atoms. The Labute approximate surface area is 149 Å². The molecular weight excluding hydrogens is 376 g/mol. The number of nitrogens with one attached hydrogen (secondary N) is 1. The molecule has 0 saturated carbocycles. The van der Waals surface area contributed by atoms with Crippen molar-refractivity contribution in [2.45, 2.75) is 32.7 Å². The minimum absolute atomic E-state index is 0.129. The van der Waals surface area contributed by atoms with Crippen molar-refractivity contribution in [3.05, 3.63) is 28.7 Å². The van der Waals surface area contributed by atoms with Gasteiger partial charge in [0.1, 0.15) is 12.0 Å². The van der Waals surface area contributed by atoms with Crippen LogP contribution in [0.25, 0.3) is 0 Å². The molecule has 6 nitrogen and oxygen atoms in total. The van der Waals surface area contributed by atoms with Crippen LogP contribution in [0.2, 0.25) is 0 Å². The predicted molar refractivity (Wildman–Crippen MR) is 93.6 cm³/mol. The third-order valence-corrected chi connectivity index (χ3v) is 4.46. The highest BCUT2D eigenvalue weighted by Gasteiger charge is 2.39. The number of halogens is 1. The van der Waals surface area contributed by atoms with Crippen LogP contribution in [0.15, 0.2) is 28.7 Å². The molecule has 0 bridgehead atoms. The average Bonchev–Trinajstić information content (AvgIpc) is 2.87. The van der Waals surface area contributed by atoms with Crippen molar-refractivity contribution >= 4 is 39.4 Å². The van der Waals surface area contributed by atoms with E-state index in [0.29, 0.717) is 19.4 Å². The second kappa shape index (κ2) is 7.79. The quantitative estimate of drug-likeness (QED) is 0.722. The third kappa shape index (κ3) is 4.35. The number of hydrogen-bond acceptors (Lipinski definition) is 3. The van der Waals surface area contributed by atoms with E-state index in [1.54, 1.807) is 4.90 Å². The highest BCUT2D eigenvalue weighted by atomic mass is 79.9. The largest absolute Gasteiger partial charge is 0.480 e. The minimum atomic E-state index is -1.08. The number of amides is 2. The number of carbonyl (C=O) groups excluding carboxylic acids is 2. The standard InChI is InChI=1S/C17H21BrN2O4/c1-10(2)8-14(17(23)24)19-15(21)13-6-7-20(16(13)22)12-5-3-4-11(18)9-12/h3-5,9-10,13-14H,6-8H2,1-2H3,(H,19,21)(H,23,24)/t13?,14-/m0/s1. The van der Waals surface area contributed by atoms with Crippen LogP contribution in [0.3, 0.4) is 0 Å². The fraction of sp³-hybridized carbons (Fsp3) is 0.471. The molecule has 1 aliphatic rings. The molecule has 1 fully saturated rings. The molecule has 1 saturated heterocycles. The summed E-state index contributed by atoms with van der Waals surface area (Å²) in [6.07, 6.45) is 0.711. The molecule has 2 N–H and O–H groups in total. The second-order valence-corrected chi connectivity index (χ2v) is 7.26. The van der Waals surface area contributed by atoms with Crippen LogP contribution in [0.1, 0.15) is 26.7 Å². The van der Waals surface area contributed by atoms with Gasteiger partial charge < -0.3 is 15.3 Å². The number of carboxylic acids is 1. The molecule has 2 atom stereocenters. The zero-order valence-corrected chi connectivity index (χ0v) is 15.2. The van der Waals surface area contributed by atoms with E-state index in [1.165, 1.54) is 0 Å². The normalized spacial score (nSPS) is 18.8. The van der Waals surface area contributed by atoms with Crippen LogP contribution in [0.5, 0.6) is 0 Å². The van der Waals surface area contributed by atoms with Gasteiger partial charge in [0.15, 0.2) is 0 Å². The van der Waals surface area contributed by atoms with Crippen LogP contribution in [0, 0.1) is 11.8 Å². The lowest BCUT2D eigenvalue weighted by Crippen LogP contribution is -2.46. The number of hydrogen-bond donors (Lipinski definition) is 2. The van der Waals surface area contributed by atoms with Gasteiger partial charge in [0.25, 0.3) is 0 Å². The SMILES string of the molecule is CC(C)C[C@H](NC(=O)C1CCN(c2cccc(Br)c2)C1=O)C(=O)O. The minimum Gasteiger partial charge on any atom is -0.480 e. The summed E-state index contributed by atoms with van der Waals surface area (Å²) in [5.41, 5.74) is 0.724. The van der Waals surface area contributed by atoms with E-state index in [9.17, 15) is 19.5 Å². The number of benzene rings is 1. The van der Waals surface area contributed by atoms with E-state index in [1.807, 2.05) is 38.1 Å². The van der Waals surface area contributed by atoms with Gasteiger partial charge in [-0.2, -0.15) is 0 Å². The number of anilines is 1. The Bertz CT molecular complexity index is 647. The van der Waals surface area contributed by atoms with Crippen molar-refractivity contribution < 1.29 is 19.5 Å². The topological polar surface area (TPSA) is 86.7 Å². The van der Waals surface area contributed by atoms with E-state index in [0.717, 1.165) is 10.2 Å². The summed E-state index contributed by atoms with van der Waals surface area (Å²) in [4.78, 5) is 37.7. The molecule has 0 aromatic heterocycles. The van der Waals surface area contributed by atoms with E-state index >= 15 is 0 Å². The summed E-state index contributed by atoms with van der Waals surface area (Å²) in [6, 6.07) is 6.34. The summed E-state index contributed by atoms with van der Waals surface area (Å²) >= 11 is 3.36. The highest BCUT2D eigenvalue weighted by molar-refractivity contribution is 9.10. The van der Waals surface area contributed by atoms with Gasteiger partial charge >= 0.3 is 5.97 Å². The van der Waals surface area contributed by atoms with Crippen molar-refractivity contribution in [1.29, 1.82) is 0 Å². The van der Waals surface area contributed by atoms with Crippen molar-refractivity contribution in [1.82, 2.24) is 5.32 Å². The van der Waals surface area contributed by atoms with Crippen LogP contribution in [-0.2, 0) is 14.4 Å². The maximum Gasteiger partial charge on any atom is 0.326 e. The molecule has 0 aliphatic carbocycles. The number of aliphatic carboxylic acids is 1. The molecule has 1 heterocycles. The Morgan fingerprint density at radius 2 is 2.12 bits per heavy atom. The van der Waals surface area contributed by atoms with Crippen LogP contribution in [0.4, 0.5) is 5.69 Å². The molecule has 2 amide bonds. The van der Waals surface area contributed by atoms with Crippen molar-refractivity contribution in [2.75, 3.05) is 11.4 Å². The number of carbonyl (C=O) groups is 3. The molecular formula is C17H21BrN2O4. The zero-order chi connectivity index (χ0) is 17.9. The van der Waals surface area contributed by atoms with Crippen molar-refractivity contribution in [2.24, 2.45) is 11.8 Å². The third-order valence-electron chi connectivity index (χ3n) is 3.96. The van der Waals surface area contributed by atoms with Crippen molar-refractivity contribution in [3.8, 4) is 0 Å². The number of carboxylic acid groups (broad SMARTS) is 1. The summed E-state index contributed by atoms with van der Waals surface area (Å²) in [5.74, 6) is -2.59. The van der Waals surface area contributed by atoms with Crippen LogP contribution < -0.4 is 10.2 Å². The molecule has 1 aromatic rings. The summed E-state index contributed by atoms with van der Waals surface area (Å²) in [7, 11) is 0. The molecule has 24 heavy (non-hydrogen) atoms. The first-order chi connectivity index (χ1) is 11.3. The highest BCUT2D eigenvalue weighted by Crippen LogP contribution is 2.27. The summed E-state index contributed by atoms with van der Waals surface area (Å²) in [5, 5.41) is 11.7. The van der Waals surface area contributed by atoms with Gasteiger partial charge in [0.05, 0.1) is 0 Å². The Balaban J connectivity index is 2.06. The first-order valence-corrected chi connectivity index (χ1v) is 8.69. The van der Waals surface area contributed by atoms with Crippen LogP contribution in [-0.4, -0.2) is 35.5 Å². The predicted octanol–water partition coefficient (Wildman–Crippen LogP) is 2.42. The van der Waals surface area contributed by atoms with E-state index < -0.39 is 23.8 Å². The van der Waals surface area contributed by atoms with E-state index in [2.05, 4.69) is 21.2 Å². The van der Waals surface area contributed by atoms with Gasteiger partial charge in [0, 0.05) is 16.7 Å². The molecule has 1 aliphatic heterocycles. The Hall–Kier alpha value is -1.89. The van der Waals surface area contributed by atoms with Gasteiger partial charge in [-0.15, -0.1) is 0 Å². The average molecular weight is 397 g/mol. The van der Waals surface area contributed by atoms with E-state index in [-0.39, 0.29) is 11.8 Å². The maximum absolute atomic E-state index is 12.5. The molecule has 130 valence electrons. The Morgan fingerprint density at radius 1 is 1.42 bits per heavy atom. The molecule has 1 aromatic carbocycles. The molecule has 1 unspecified atom stereocenters. The van der Waals surface area contributed by atoms with Gasteiger partial charge in [-0.3, -0.25) is 9.59 Å². The second-order valence-electron chi connectivity index (χ2n) is 6.34. The van der Waals surface area contributed by atoms with Gasteiger partial charge in [-0.25, -0.2) is 4.79 Å². The summed E-state index contributed by atoms with van der Waals surface area (Å²) in [6.45, 7) is 4.21. The number of nitrogens with zero attached hydrogens (tertiary/aromatic N) is 1. The first kappa shape index (κ1) is 18.4. The Morgan fingerprint density at radius 3 is 2.71 bits per heavy atom. The van der Waals surface area contributed by atoms with Crippen molar-refractivity contribution in [3.63, 3.8) is 0 Å². The molecule has 0 radical (unpaired) electrons. The van der Waals surface area contributed by atoms with Gasteiger partial charge in [-0.05, 0) is 37.0 Å². The Kier molecular flexibility index (Phi) is 5.99. The fourth-order valence-electron chi connectivity index (χ4n) is 2.79.